The van der Waals surface area contributed by atoms with Gasteiger partial charge in [0.25, 0.3) is 5.91 Å². The molecule has 27 heavy (non-hydrogen) atoms. The molecule has 0 atom stereocenters. The van der Waals surface area contributed by atoms with Gasteiger partial charge in [-0.1, -0.05) is 30.3 Å². The Kier molecular flexibility index (Phi) is 7.75. The highest BCUT2D eigenvalue weighted by Crippen LogP contribution is 2.24. The zero-order valence-electron chi connectivity index (χ0n) is 15.7. The molecule has 1 fully saturated rings. The number of hydrogen-bond acceptors (Lipinski definition) is 4. The number of nitrogens with zero attached hydrogens (tertiary/aromatic N) is 1. The van der Waals surface area contributed by atoms with Gasteiger partial charge in [0.15, 0.2) is 0 Å². The Morgan fingerprint density at radius 3 is 2.44 bits per heavy atom. The van der Waals surface area contributed by atoms with Crippen LogP contribution in [0.4, 0.5) is 0 Å². The quantitative estimate of drug-likeness (QED) is 0.553. The minimum Gasteiger partial charge on any atom is -0.378 e. The topological polar surface area (TPSA) is 55.6 Å². The molecular weight excluding hydrogens is 356 g/mol. The smallest absolute Gasteiger partial charge is 0.253 e. The summed E-state index contributed by atoms with van der Waals surface area (Å²) in [6, 6.07) is 18.4. The van der Waals surface area contributed by atoms with E-state index in [4.69, 9.17) is 10.5 Å². The van der Waals surface area contributed by atoms with Gasteiger partial charge in [0.2, 0.25) is 0 Å². The van der Waals surface area contributed by atoms with Crippen molar-refractivity contribution < 1.29 is 9.53 Å². The number of ether oxygens (including phenoxy) is 1. The molecule has 2 N–H and O–H groups in total. The summed E-state index contributed by atoms with van der Waals surface area (Å²) < 4.78 is 5.82. The number of carbonyl (C=O) groups is 1. The number of nitrogens with two attached hydrogens (primary N) is 1. The molecule has 1 saturated heterocycles. The van der Waals surface area contributed by atoms with E-state index in [0.29, 0.717) is 6.54 Å². The normalized spacial score (nSPS) is 15.1. The van der Waals surface area contributed by atoms with Crippen LogP contribution < -0.4 is 5.73 Å². The van der Waals surface area contributed by atoms with Gasteiger partial charge in [-0.05, 0) is 55.6 Å². The van der Waals surface area contributed by atoms with Gasteiger partial charge < -0.3 is 15.4 Å². The summed E-state index contributed by atoms with van der Waals surface area (Å²) in [6.07, 6.45) is 2.97. The minimum atomic E-state index is 0.120. The van der Waals surface area contributed by atoms with E-state index in [2.05, 4.69) is 24.3 Å². The molecule has 0 saturated carbocycles. The second-order valence-electron chi connectivity index (χ2n) is 6.80. The standard InChI is InChI=1S/C22H28N2O2S/c23-13-4-16-26-20-11-14-24(15-12-20)22(25)19-7-9-21(10-8-19)27-17-18-5-2-1-3-6-18/h1-3,5-10,20H,4,11-17,23H2. The molecule has 1 aliphatic rings. The summed E-state index contributed by atoms with van der Waals surface area (Å²) in [4.78, 5) is 15.8. The zero-order valence-corrected chi connectivity index (χ0v) is 16.5. The van der Waals surface area contributed by atoms with Crippen molar-refractivity contribution in [2.45, 2.75) is 36.0 Å². The van der Waals surface area contributed by atoms with Crippen molar-refractivity contribution in [3.63, 3.8) is 0 Å². The van der Waals surface area contributed by atoms with Gasteiger partial charge in [0.1, 0.15) is 0 Å². The Balaban J connectivity index is 1.46. The molecule has 1 heterocycles. The van der Waals surface area contributed by atoms with Gasteiger partial charge in [-0.2, -0.15) is 0 Å². The second kappa shape index (κ2) is 10.5. The average Bonchev–Trinajstić information content (AvgIpc) is 2.74. The molecule has 4 nitrogen and oxygen atoms in total. The van der Waals surface area contributed by atoms with Crippen LogP contribution in [0.2, 0.25) is 0 Å². The SMILES string of the molecule is NCCCOC1CCN(C(=O)c2ccc(SCc3ccccc3)cc2)CC1. The Hall–Kier alpha value is -1.82. The Labute approximate surface area is 166 Å². The van der Waals surface area contributed by atoms with Gasteiger partial charge in [-0.15, -0.1) is 11.8 Å². The molecule has 2 aromatic carbocycles. The lowest BCUT2D eigenvalue weighted by atomic mass is 10.1. The van der Waals surface area contributed by atoms with Crippen LogP contribution in [0.15, 0.2) is 59.5 Å². The molecule has 144 valence electrons. The van der Waals surface area contributed by atoms with Crippen molar-refractivity contribution in [1.29, 1.82) is 0 Å². The van der Waals surface area contributed by atoms with Crippen LogP contribution in [0.3, 0.4) is 0 Å². The summed E-state index contributed by atoms with van der Waals surface area (Å²) >= 11 is 1.79. The minimum absolute atomic E-state index is 0.120. The Morgan fingerprint density at radius 2 is 1.78 bits per heavy atom. The zero-order chi connectivity index (χ0) is 18.9. The van der Waals surface area contributed by atoms with Gasteiger partial charge >= 0.3 is 0 Å². The molecule has 0 radical (unpaired) electrons. The Bertz CT molecular complexity index is 698. The molecule has 0 aliphatic carbocycles. The first-order valence-corrected chi connectivity index (χ1v) is 10.6. The molecule has 1 amide bonds. The lowest BCUT2D eigenvalue weighted by Crippen LogP contribution is -2.41. The fourth-order valence-electron chi connectivity index (χ4n) is 3.18. The molecule has 0 bridgehead atoms. The highest BCUT2D eigenvalue weighted by molar-refractivity contribution is 7.98. The first-order valence-electron chi connectivity index (χ1n) is 9.64. The predicted molar refractivity (Wildman–Crippen MR) is 111 cm³/mol. The van der Waals surface area contributed by atoms with Crippen LogP contribution in [0.1, 0.15) is 35.2 Å². The number of hydrogen-bond donors (Lipinski definition) is 1. The summed E-state index contributed by atoms with van der Waals surface area (Å²) in [7, 11) is 0. The molecule has 2 aromatic rings. The fourth-order valence-corrected chi connectivity index (χ4v) is 4.03. The maximum Gasteiger partial charge on any atom is 0.253 e. The van der Waals surface area contributed by atoms with E-state index in [1.165, 1.54) is 10.5 Å². The predicted octanol–water partition coefficient (Wildman–Crippen LogP) is 3.95. The van der Waals surface area contributed by atoms with E-state index in [-0.39, 0.29) is 12.0 Å². The Morgan fingerprint density at radius 1 is 1.07 bits per heavy atom. The third-order valence-electron chi connectivity index (χ3n) is 4.78. The lowest BCUT2D eigenvalue weighted by molar-refractivity contribution is 0.00844. The number of amides is 1. The van der Waals surface area contributed by atoms with E-state index in [0.717, 1.165) is 50.3 Å². The van der Waals surface area contributed by atoms with Gasteiger partial charge in [-0.3, -0.25) is 4.79 Å². The van der Waals surface area contributed by atoms with Crippen molar-refractivity contribution >= 4 is 17.7 Å². The van der Waals surface area contributed by atoms with Gasteiger partial charge in [0, 0.05) is 35.9 Å². The number of thioether (sulfide) groups is 1. The van der Waals surface area contributed by atoms with Crippen molar-refractivity contribution in [1.82, 2.24) is 4.90 Å². The number of rotatable bonds is 8. The average molecular weight is 385 g/mol. The summed E-state index contributed by atoms with van der Waals surface area (Å²) in [5.41, 5.74) is 7.57. The molecule has 0 spiro atoms. The van der Waals surface area contributed by atoms with E-state index < -0.39 is 0 Å². The molecular formula is C22H28N2O2S. The van der Waals surface area contributed by atoms with Crippen molar-refractivity contribution in [2.24, 2.45) is 5.73 Å². The fraction of sp³-hybridized carbons (Fsp3) is 0.409. The van der Waals surface area contributed by atoms with Crippen molar-refractivity contribution in [2.75, 3.05) is 26.2 Å². The number of benzene rings is 2. The van der Waals surface area contributed by atoms with Crippen LogP contribution in [0, 0.1) is 0 Å². The van der Waals surface area contributed by atoms with E-state index in [1.807, 2.05) is 35.2 Å². The van der Waals surface area contributed by atoms with Crippen molar-refractivity contribution in [3.8, 4) is 0 Å². The van der Waals surface area contributed by atoms with Crippen LogP contribution >= 0.6 is 11.8 Å². The molecule has 5 heteroatoms. The monoisotopic (exact) mass is 384 g/mol. The third-order valence-corrected chi connectivity index (χ3v) is 5.86. The van der Waals surface area contributed by atoms with E-state index in [1.54, 1.807) is 11.8 Å². The van der Waals surface area contributed by atoms with E-state index in [9.17, 15) is 4.79 Å². The highest BCUT2D eigenvalue weighted by atomic mass is 32.2. The van der Waals surface area contributed by atoms with Crippen LogP contribution in [0.25, 0.3) is 0 Å². The number of carbonyl (C=O) groups excluding carboxylic acids is 1. The largest absolute Gasteiger partial charge is 0.378 e. The maximum absolute atomic E-state index is 12.7. The molecule has 1 aliphatic heterocycles. The maximum atomic E-state index is 12.7. The molecule has 3 rings (SSSR count). The highest BCUT2D eigenvalue weighted by Gasteiger charge is 2.23. The van der Waals surface area contributed by atoms with Gasteiger partial charge in [-0.25, -0.2) is 0 Å². The summed E-state index contributed by atoms with van der Waals surface area (Å²) in [5.74, 6) is 1.06. The third kappa shape index (κ3) is 6.09. The lowest BCUT2D eigenvalue weighted by Gasteiger charge is -2.32. The summed E-state index contributed by atoms with van der Waals surface area (Å²) in [5, 5.41) is 0. The number of piperidine rings is 1. The molecule has 0 unspecified atom stereocenters. The van der Waals surface area contributed by atoms with Crippen LogP contribution in [-0.2, 0) is 10.5 Å². The van der Waals surface area contributed by atoms with Crippen LogP contribution in [-0.4, -0.2) is 43.2 Å². The van der Waals surface area contributed by atoms with E-state index >= 15 is 0 Å². The van der Waals surface area contributed by atoms with Crippen LogP contribution in [0.5, 0.6) is 0 Å². The summed E-state index contributed by atoms with van der Waals surface area (Å²) in [6.45, 7) is 2.90. The van der Waals surface area contributed by atoms with Gasteiger partial charge in [0.05, 0.1) is 6.10 Å². The first-order chi connectivity index (χ1) is 13.3. The van der Waals surface area contributed by atoms with Crippen molar-refractivity contribution in [3.05, 3.63) is 65.7 Å². The number of likely N-dealkylation sites (tertiary alicyclic amines) is 1. The second-order valence-corrected chi connectivity index (χ2v) is 7.85. The molecule has 0 aromatic heterocycles. The first kappa shape index (κ1) is 19.9.